The Morgan fingerprint density at radius 3 is 2.78 bits per heavy atom. The van der Waals surface area contributed by atoms with Crippen LogP contribution in [0.5, 0.6) is 0 Å². The van der Waals surface area contributed by atoms with Crippen LogP contribution < -0.4 is 5.32 Å². The highest BCUT2D eigenvalue weighted by Crippen LogP contribution is 2.48. The van der Waals surface area contributed by atoms with Gasteiger partial charge in [-0.05, 0) is 30.7 Å². The molecule has 5 nitrogen and oxygen atoms in total. The van der Waals surface area contributed by atoms with E-state index in [1.54, 1.807) is 4.90 Å². The lowest BCUT2D eigenvalue weighted by atomic mass is 10.1. The second kappa shape index (κ2) is 7.02. The lowest BCUT2D eigenvalue weighted by Crippen LogP contribution is -2.48. The summed E-state index contributed by atoms with van der Waals surface area (Å²) in [5.41, 5.74) is 1.06. The summed E-state index contributed by atoms with van der Waals surface area (Å²) in [6, 6.07) is 9.62. The quantitative estimate of drug-likeness (QED) is 0.821. The zero-order chi connectivity index (χ0) is 16.2. The normalized spacial score (nSPS) is 24.9. The minimum atomic E-state index is -0.378. The van der Waals surface area contributed by atoms with Crippen LogP contribution in [0.2, 0.25) is 0 Å². The molecule has 0 radical (unpaired) electrons. The van der Waals surface area contributed by atoms with E-state index in [0.29, 0.717) is 19.1 Å². The molecular weight excluding hydrogens is 292 g/mol. The summed E-state index contributed by atoms with van der Waals surface area (Å²) in [7, 11) is 0. The van der Waals surface area contributed by atoms with Gasteiger partial charge in [0.25, 0.3) is 0 Å². The first-order chi connectivity index (χ1) is 11.2. The lowest BCUT2D eigenvalue weighted by molar-refractivity contribution is -0.125. The van der Waals surface area contributed by atoms with Crippen molar-refractivity contribution in [3.8, 4) is 0 Å². The zero-order valence-corrected chi connectivity index (χ0v) is 13.5. The average molecular weight is 316 g/mol. The average Bonchev–Trinajstić information content (AvgIpc) is 3.23. The van der Waals surface area contributed by atoms with Crippen molar-refractivity contribution in [1.29, 1.82) is 0 Å². The number of fused-ring (bicyclic) bond motifs is 1. The molecule has 1 saturated heterocycles. The summed E-state index contributed by atoms with van der Waals surface area (Å²) < 4.78 is 5.31. The molecule has 2 amide bonds. The van der Waals surface area contributed by atoms with Crippen LogP contribution in [0.3, 0.4) is 0 Å². The van der Waals surface area contributed by atoms with Gasteiger partial charge in [-0.15, -0.1) is 0 Å². The van der Waals surface area contributed by atoms with Crippen LogP contribution in [0.15, 0.2) is 30.3 Å². The van der Waals surface area contributed by atoms with E-state index < -0.39 is 0 Å². The van der Waals surface area contributed by atoms with Crippen LogP contribution in [0, 0.1) is 5.92 Å². The van der Waals surface area contributed by atoms with Gasteiger partial charge in [0.15, 0.2) is 0 Å². The van der Waals surface area contributed by atoms with Gasteiger partial charge in [-0.2, -0.15) is 0 Å². The monoisotopic (exact) mass is 316 g/mol. The fraction of sp³-hybridized carbons (Fsp3) is 0.556. The standard InChI is InChI=1S/C18H24N2O3/c1-2-3-9-23-18(22)20-15-10-14(15)11-16(20)17(21)19-12-13-7-5-4-6-8-13/h4-8,14-16H,2-3,9-12H2,1H3,(H,19,21). The van der Waals surface area contributed by atoms with Gasteiger partial charge < -0.3 is 10.1 Å². The second-order valence-electron chi connectivity index (χ2n) is 6.39. The third kappa shape index (κ3) is 3.66. The van der Waals surface area contributed by atoms with Gasteiger partial charge in [-0.3, -0.25) is 9.69 Å². The molecule has 1 aromatic carbocycles. The van der Waals surface area contributed by atoms with E-state index in [1.165, 1.54) is 0 Å². The Morgan fingerprint density at radius 2 is 2.04 bits per heavy atom. The smallest absolute Gasteiger partial charge is 0.410 e. The molecule has 0 bridgehead atoms. The Bertz CT molecular complexity index is 561. The highest BCUT2D eigenvalue weighted by molar-refractivity contribution is 5.87. The van der Waals surface area contributed by atoms with Crippen LogP contribution in [-0.4, -0.2) is 35.6 Å². The van der Waals surface area contributed by atoms with Crippen LogP contribution in [0.25, 0.3) is 0 Å². The highest BCUT2D eigenvalue weighted by Gasteiger charge is 2.56. The number of hydrogen-bond donors (Lipinski definition) is 1. The number of rotatable bonds is 6. The van der Waals surface area contributed by atoms with Gasteiger partial charge in [0.05, 0.1) is 6.61 Å². The molecule has 1 aromatic rings. The molecule has 3 atom stereocenters. The third-order valence-electron chi connectivity index (χ3n) is 4.65. The van der Waals surface area contributed by atoms with Crippen LogP contribution in [-0.2, 0) is 16.1 Å². The number of carbonyl (C=O) groups is 2. The predicted molar refractivity (Wildman–Crippen MR) is 86.7 cm³/mol. The Balaban J connectivity index is 1.55. The van der Waals surface area contributed by atoms with E-state index in [4.69, 9.17) is 4.74 Å². The van der Waals surface area contributed by atoms with Gasteiger partial charge in [-0.1, -0.05) is 43.7 Å². The molecule has 1 aliphatic heterocycles. The number of likely N-dealkylation sites (tertiary alicyclic amines) is 1. The Labute approximate surface area is 137 Å². The van der Waals surface area contributed by atoms with Crippen molar-refractivity contribution in [3.05, 3.63) is 35.9 Å². The minimum Gasteiger partial charge on any atom is -0.449 e. The van der Waals surface area contributed by atoms with Crippen molar-refractivity contribution in [2.75, 3.05) is 6.61 Å². The number of amides is 2. The molecule has 3 rings (SSSR count). The minimum absolute atomic E-state index is 0.0755. The Morgan fingerprint density at radius 1 is 1.26 bits per heavy atom. The van der Waals surface area contributed by atoms with Crippen molar-refractivity contribution in [2.24, 2.45) is 5.92 Å². The number of ether oxygens (including phenoxy) is 1. The number of hydrogen-bond acceptors (Lipinski definition) is 3. The summed E-state index contributed by atoms with van der Waals surface area (Å²) >= 11 is 0. The van der Waals surface area contributed by atoms with Crippen molar-refractivity contribution in [3.63, 3.8) is 0 Å². The van der Waals surface area contributed by atoms with E-state index in [-0.39, 0.29) is 24.1 Å². The molecule has 0 aromatic heterocycles. The molecule has 1 heterocycles. The van der Waals surface area contributed by atoms with Crippen molar-refractivity contribution in [1.82, 2.24) is 10.2 Å². The van der Waals surface area contributed by atoms with E-state index in [9.17, 15) is 9.59 Å². The van der Waals surface area contributed by atoms with Crippen molar-refractivity contribution >= 4 is 12.0 Å². The van der Waals surface area contributed by atoms with Crippen molar-refractivity contribution < 1.29 is 14.3 Å². The molecule has 2 fully saturated rings. The molecule has 5 heteroatoms. The Kier molecular flexibility index (Phi) is 4.84. The van der Waals surface area contributed by atoms with E-state index in [0.717, 1.165) is 31.2 Å². The molecule has 23 heavy (non-hydrogen) atoms. The fourth-order valence-corrected chi connectivity index (χ4v) is 3.23. The maximum Gasteiger partial charge on any atom is 0.410 e. The molecular formula is C18H24N2O3. The number of benzene rings is 1. The van der Waals surface area contributed by atoms with Crippen LogP contribution >= 0.6 is 0 Å². The summed E-state index contributed by atoms with van der Waals surface area (Å²) in [6.07, 6.45) is 3.28. The molecule has 1 saturated carbocycles. The summed E-state index contributed by atoms with van der Waals surface area (Å²) in [5.74, 6) is 0.398. The van der Waals surface area contributed by atoms with E-state index >= 15 is 0 Å². The molecule has 2 aliphatic rings. The number of carbonyl (C=O) groups excluding carboxylic acids is 2. The van der Waals surface area contributed by atoms with Crippen molar-refractivity contribution in [2.45, 2.75) is 51.2 Å². The number of unbranched alkanes of at least 4 members (excludes halogenated alkanes) is 1. The first-order valence-electron chi connectivity index (χ1n) is 8.47. The molecule has 1 aliphatic carbocycles. The first-order valence-corrected chi connectivity index (χ1v) is 8.47. The van der Waals surface area contributed by atoms with Gasteiger partial charge in [0.2, 0.25) is 5.91 Å². The van der Waals surface area contributed by atoms with Gasteiger partial charge >= 0.3 is 6.09 Å². The zero-order valence-electron chi connectivity index (χ0n) is 13.5. The SMILES string of the molecule is CCCCOC(=O)N1C(C(=O)NCc2ccccc2)CC2CC21. The molecule has 124 valence electrons. The van der Waals surface area contributed by atoms with Crippen LogP contribution in [0.4, 0.5) is 4.79 Å². The molecule has 3 unspecified atom stereocenters. The summed E-state index contributed by atoms with van der Waals surface area (Å²) in [6.45, 7) is 2.98. The second-order valence-corrected chi connectivity index (χ2v) is 6.39. The Hall–Kier alpha value is -2.04. The van der Waals surface area contributed by atoms with Gasteiger partial charge in [0.1, 0.15) is 6.04 Å². The van der Waals surface area contributed by atoms with Gasteiger partial charge in [0, 0.05) is 12.6 Å². The fourth-order valence-electron chi connectivity index (χ4n) is 3.23. The number of nitrogens with zero attached hydrogens (tertiary/aromatic N) is 1. The van der Waals surface area contributed by atoms with Gasteiger partial charge in [-0.25, -0.2) is 4.79 Å². The summed E-state index contributed by atoms with van der Waals surface area (Å²) in [4.78, 5) is 26.4. The summed E-state index contributed by atoms with van der Waals surface area (Å²) in [5, 5.41) is 2.95. The maximum absolute atomic E-state index is 12.5. The van der Waals surface area contributed by atoms with E-state index in [1.807, 2.05) is 30.3 Å². The largest absolute Gasteiger partial charge is 0.449 e. The third-order valence-corrected chi connectivity index (χ3v) is 4.65. The molecule has 1 N–H and O–H groups in total. The number of nitrogens with one attached hydrogen (secondary N) is 1. The first kappa shape index (κ1) is 15.8. The maximum atomic E-state index is 12.5. The predicted octanol–water partition coefficient (Wildman–Crippen LogP) is 2.70. The lowest BCUT2D eigenvalue weighted by Gasteiger charge is -2.26. The number of piperidine rings is 1. The van der Waals surface area contributed by atoms with Crippen LogP contribution in [0.1, 0.15) is 38.2 Å². The topological polar surface area (TPSA) is 58.6 Å². The molecule has 0 spiro atoms. The highest BCUT2D eigenvalue weighted by atomic mass is 16.6. The van der Waals surface area contributed by atoms with E-state index in [2.05, 4.69) is 12.2 Å².